The fraction of sp³-hybridized carbons (Fsp3) is 0.357. The summed E-state index contributed by atoms with van der Waals surface area (Å²) in [4.78, 5) is 5.37. The van der Waals surface area contributed by atoms with Gasteiger partial charge >= 0.3 is 0 Å². The van der Waals surface area contributed by atoms with Crippen LogP contribution in [0.2, 0.25) is 0 Å². The van der Waals surface area contributed by atoms with Crippen LogP contribution in [0.3, 0.4) is 0 Å². The average molecular weight is 280 g/mol. The molecule has 0 saturated carbocycles. The largest absolute Gasteiger partial charge is 0.496 e. The number of thiazole rings is 1. The molecule has 19 heavy (non-hydrogen) atoms. The molecule has 1 aromatic carbocycles. The standard InChI is InChI=1S/C14H17FN2OS/c1-9(2)16-7-10-8-17-14(19-10)13-11(15)5-4-6-12(13)18-3/h4-6,8-9,16H,7H2,1-3H3. The molecule has 0 fully saturated rings. The maximum Gasteiger partial charge on any atom is 0.137 e. The number of ether oxygens (including phenoxy) is 1. The number of methoxy groups -OCH3 is 1. The highest BCUT2D eigenvalue weighted by Crippen LogP contribution is 2.34. The Kier molecular flexibility index (Phi) is 4.50. The third kappa shape index (κ3) is 3.30. The predicted molar refractivity (Wildman–Crippen MR) is 76.0 cm³/mol. The van der Waals surface area contributed by atoms with Crippen LogP contribution in [0, 0.1) is 5.82 Å². The van der Waals surface area contributed by atoms with E-state index >= 15 is 0 Å². The fourth-order valence-corrected chi connectivity index (χ4v) is 2.61. The van der Waals surface area contributed by atoms with E-state index in [1.165, 1.54) is 24.5 Å². The first-order valence-corrected chi connectivity index (χ1v) is 6.94. The molecule has 5 heteroatoms. The number of benzene rings is 1. The first-order chi connectivity index (χ1) is 9.11. The van der Waals surface area contributed by atoms with Gasteiger partial charge in [-0.3, -0.25) is 0 Å². The molecule has 102 valence electrons. The van der Waals surface area contributed by atoms with Crippen LogP contribution in [0.4, 0.5) is 4.39 Å². The number of nitrogens with zero attached hydrogens (tertiary/aromatic N) is 1. The Morgan fingerprint density at radius 2 is 2.21 bits per heavy atom. The Labute approximate surface area is 116 Å². The van der Waals surface area contributed by atoms with Gasteiger partial charge in [0.15, 0.2) is 0 Å². The summed E-state index contributed by atoms with van der Waals surface area (Å²) in [5.74, 6) is 0.204. The van der Waals surface area contributed by atoms with Gasteiger partial charge in [-0.25, -0.2) is 9.37 Å². The summed E-state index contributed by atoms with van der Waals surface area (Å²) < 4.78 is 19.1. The molecule has 0 radical (unpaired) electrons. The first-order valence-electron chi connectivity index (χ1n) is 6.12. The normalized spacial score (nSPS) is 11.0. The molecule has 0 unspecified atom stereocenters. The lowest BCUT2D eigenvalue weighted by molar-refractivity contribution is 0.413. The van der Waals surface area contributed by atoms with Crippen LogP contribution in [-0.2, 0) is 6.54 Å². The van der Waals surface area contributed by atoms with E-state index in [1.807, 2.05) is 0 Å². The molecule has 2 aromatic rings. The summed E-state index contributed by atoms with van der Waals surface area (Å²) in [6, 6.07) is 5.21. The highest BCUT2D eigenvalue weighted by atomic mass is 32.1. The summed E-state index contributed by atoms with van der Waals surface area (Å²) in [5, 5.41) is 3.96. The SMILES string of the molecule is COc1cccc(F)c1-c1ncc(CNC(C)C)s1. The average Bonchev–Trinajstić information content (AvgIpc) is 2.84. The zero-order valence-electron chi connectivity index (χ0n) is 11.2. The monoisotopic (exact) mass is 280 g/mol. The summed E-state index contributed by atoms with van der Waals surface area (Å²) in [5.41, 5.74) is 0.436. The molecule has 3 nitrogen and oxygen atoms in total. The molecule has 0 spiro atoms. The second-order valence-corrected chi connectivity index (χ2v) is 5.60. The van der Waals surface area contributed by atoms with Crippen molar-refractivity contribution in [3.05, 3.63) is 35.1 Å². The first kappa shape index (κ1) is 14.0. The molecule has 0 aliphatic rings. The van der Waals surface area contributed by atoms with Crippen molar-refractivity contribution in [1.29, 1.82) is 0 Å². The minimum absolute atomic E-state index is 0.308. The van der Waals surface area contributed by atoms with Crippen molar-refractivity contribution in [3.63, 3.8) is 0 Å². The molecular weight excluding hydrogens is 263 g/mol. The van der Waals surface area contributed by atoms with Gasteiger partial charge in [-0.15, -0.1) is 11.3 Å². The van der Waals surface area contributed by atoms with Gasteiger partial charge in [0.25, 0.3) is 0 Å². The van der Waals surface area contributed by atoms with Gasteiger partial charge in [0, 0.05) is 23.7 Å². The minimum atomic E-state index is -0.308. The van der Waals surface area contributed by atoms with E-state index < -0.39 is 0 Å². The van der Waals surface area contributed by atoms with Gasteiger partial charge in [0.1, 0.15) is 16.6 Å². The van der Waals surface area contributed by atoms with Gasteiger partial charge in [-0.05, 0) is 12.1 Å². The second kappa shape index (κ2) is 6.12. The summed E-state index contributed by atoms with van der Waals surface area (Å²) in [6.07, 6.45) is 1.78. The summed E-state index contributed by atoms with van der Waals surface area (Å²) in [6.45, 7) is 4.91. The molecule has 0 aliphatic carbocycles. The Hall–Kier alpha value is -1.46. The zero-order valence-corrected chi connectivity index (χ0v) is 12.1. The Balaban J connectivity index is 2.28. The van der Waals surface area contributed by atoms with Gasteiger partial charge in [0.05, 0.1) is 12.7 Å². The lowest BCUT2D eigenvalue weighted by Gasteiger charge is -2.06. The number of hydrogen-bond donors (Lipinski definition) is 1. The molecular formula is C14H17FN2OS. The molecule has 2 rings (SSSR count). The van der Waals surface area contributed by atoms with Crippen LogP contribution >= 0.6 is 11.3 Å². The van der Waals surface area contributed by atoms with E-state index in [1.54, 1.807) is 18.3 Å². The molecule has 0 bridgehead atoms. The van der Waals surface area contributed by atoms with Crippen molar-refractivity contribution in [2.75, 3.05) is 7.11 Å². The molecule has 1 aromatic heterocycles. The smallest absolute Gasteiger partial charge is 0.137 e. The lowest BCUT2D eigenvalue weighted by Crippen LogP contribution is -2.21. The summed E-state index contributed by atoms with van der Waals surface area (Å²) in [7, 11) is 1.53. The number of halogens is 1. The van der Waals surface area contributed by atoms with Crippen LogP contribution in [0.1, 0.15) is 18.7 Å². The van der Waals surface area contributed by atoms with Crippen molar-refractivity contribution in [2.24, 2.45) is 0 Å². The van der Waals surface area contributed by atoms with Crippen LogP contribution in [0.25, 0.3) is 10.6 Å². The maximum atomic E-state index is 13.9. The van der Waals surface area contributed by atoms with Crippen LogP contribution < -0.4 is 10.1 Å². The van der Waals surface area contributed by atoms with Crippen molar-refractivity contribution in [1.82, 2.24) is 10.3 Å². The van der Waals surface area contributed by atoms with E-state index in [-0.39, 0.29) is 5.82 Å². The van der Waals surface area contributed by atoms with Crippen molar-refractivity contribution in [2.45, 2.75) is 26.4 Å². The molecule has 0 saturated heterocycles. The number of rotatable bonds is 5. The third-order valence-electron chi connectivity index (χ3n) is 2.65. The van der Waals surface area contributed by atoms with Crippen molar-refractivity contribution in [3.8, 4) is 16.3 Å². The number of nitrogens with one attached hydrogen (secondary N) is 1. The van der Waals surface area contributed by atoms with E-state index in [0.29, 0.717) is 22.4 Å². The molecule has 0 aliphatic heterocycles. The fourth-order valence-electron chi connectivity index (χ4n) is 1.69. The van der Waals surface area contributed by atoms with Crippen molar-refractivity contribution >= 4 is 11.3 Å². The van der Waals surface area contributed by atoms with Crippen LogP contribution in [-0.4, -0.2) is 18.1 Å². The van der Waals surface area contributed by atoms with Gasteiger partial charge in [-0.1, -0.05) is 19.9 Å². The van der Waals surface area contributed by atoms with Gasteiger partial charge in [0.2, 0.25) is 0 Å². The van der Waals surface area contributed by atoms with Gasteiger partial charge in [-0.2, -0.15) is 0 Å². The molecule has 0 atom stereocenters. The molecule has 1 heterocycles. The van der Waals surface area contributed by atoms with E-state index in [4.69, 9.17) is 4.74 Å². The highest BCUT2D eigenvalue weighted by Gasteiger charge is 2.15. The molecule has 0 amide bonds. The van der Waals surface area contributed by atoms with E-state index in [2.05, 4.69) is 24.1 Å². The van der Waals surface area contributed by atoms with Gasteiger partial charge < -0.3 is 10.1 Å². The topological polar surface area (TPSA) is 34.1 Å². The van der Waals surface area contributed by atoms with E-state index in [9.17, 15) is 4.39 Å². The Morgan fingerprint density at radius 1 is 1.42 bits per heavy atom. The minimum Gasteiger partial charge on any atom is -0.496 e. The third-order valence-corrected chi connectivity index (χ3v) is 3.66. The maximum absolute atomic E-state index is 13.9. The Morgan fingerprint density at radius 3 is 2.89 bits per heavy atom. The Bertz CT molecular complexity index is 554. The second-order valence-electron chi connectivity index (χ2n) is 4.48. The number of aromatic nitrogens is 1. The highest BCUT2D eigenvalue weighted by molar-refractivity contribution is 7.15. The van der Waals surface area contributed by atoms with Crippen molar-refractivity contribution < 1.29 is 9.13 Å². The summed E-state index contributed by atoms with van der Waals surface area (Å²) >= 11 is 1.48. The zero-order chi connectivity index (χ0) is 13.8. The van der Waals surface area contributed by atoms with E-state index in [0.717, 1.165) is 11.4 Å². The molecule has 1 N–H and O–H groups in total. The lowest BCUT2D eigenvalue weighted by atomic mass is 10.2. The van der Waals surface area contributed by atoms with Crippen LogP contribution in [0.5, 0.6) is 5.75 Å². The quantitative estimate of drug-likeness (QED) is 0.910. The predicted octanol–water partition coefficient (Wildman–Crippen LogP) is 3.46. The van der Waals surface area contributed by atoms with Crippen LogP contribution in [0.15, 0.2) is 24.4 Å². The number of hydrogen-bond acceptors (Lipinski definition) is 4.